The molecular weight excluding hydrogens is 348 g/mol. The van der Waals surface area contributed by atoms with Crippen molar-refractivity contribution < 1.29 is 8.78 Å². The van der Waals surface area contributed by atoms with Crippen LogP contribution in [0.5, 0.6) is 0 Å². The van der Waals surface area contributed by atoms with Crippen molar-refractivity contribution in [2.24, 2.45) is 0 Å². The molecule has 0 bridgehead atoms. The molecule has 27 heavy (non-hydrogen) atoms. The van der Waals surface area contributed by atoms with Crippen LogP contribution in [0.1, 0.15) is 50.7 Å². The molecule has 4 rings (SSSR count). The minimum atomic E-state index is -0.898. The average Bonchev–Trinajstić information content (AvgIpc) is 3.19. The molecule has 0 aliphatic carbocycles. The molecule has 0 saturated carbocycles. The molecule has 5 nitrogen and oxygen atoms in total. The van der Waals surface area contributed by atoms with Gasteiger partial charge in [-0.15, -0.1) is 0 Å². The highest BCUT2D eigenvalue weighted by Crippen LogP contribution is 2.33. The summed E-state index contributed by atoms with van der Waals surface area (Å²) in [7, 11) is 0. The molecule has 0 saturated heterocycles. The number of hydrogen-bond acceptors (Lipinski definition) is 3. The van der Waals surface area contributed by atoms with Gasteiger partial charge in [0.2, 0.25) is 0 Å². The molecule has 0 spiro atoms. The van der Waals surface area contributed by atoms with Crippen molar-refractivity contribution in [1.82, 2.24) is 25.4 Å². The van der Waals surface area contributed by atoms with Crippen molar-refractivity contribution in [2.75, 3.05) is 0 Å². The third-order valence-electron chi connectivity index (χ3n) is 5.00. The predicted octanol–water partition coefficient (Wildman–Crippen LogP) is 4.76. The SMILES string of the molecule is CC(C)c1[nH]nc2cc(CC(C)(C)c3[nH]nc4cc(F)c(F)cc34)ncc12. The van der Waals surface area contributed by atoms with Crippen LogP contribution < -0.4 is 0 Å². The maximum atomic E-state index is 13.7. The van der Waals surface area contributed by atoms with Crippen LogP contribution in [-0.4, -0.2) is 25.4 Å². The van der Waals surface area contributed by atoms with Crippen LogP contribution in [0.3, 0.4) is 0 Å². The second-order valence-electron chi connectivity index (χ2n) is 7.93. The van der Waals surface area contributed by atoms with Crippen molar-refractivity contribution >= 4 is 21.8 Å². The number of nitrogens with zero attached hydrogens (tertiary/aromatic N) is 3. The second kappa shape index (κ2) is 6.11. The predicted molar refractivity (Wildman–Crippen MR) is 101 cm³/mol. The van der Waals surface area contributed by atoms with Crippen molar-refractivity contribution in [1.29, 1.82) is 0 Å². The standard InChI is InChI=1S/C20H21F2N5/c1-10(2)18-13-9-23-11(5-16(13)24-26-18)8-20(3,4)19-12-6-14(21)15(22)7-17(12)25-27-19/h5-7,9-10H,8H2,1-4H3,(H,24,26)(H,25,27). The van der Waals surface area contributed by atoms with Crippen molar-refractivity contribution in [3.8, 4) is 0 Å². The smallest absolute Gasteiger partial charge is 0.161 e. The van der Waals surface area contributed by atoms with E-state index < -0.39 is 17.0 Å². The van der Waals surface area contributed by atoms with Gasteiger partial charge in [0, 0.05) is 52.0 Å². The quantitative estimate of drug-likeness (QED) is 0.545. The molecule has 2 N–H and O–H groups in total. The number of nitrogens with one attached hydrogen (secondary N) is 2. The first-order valence-corrected chi connectivity index (χ1v) is 8.93. The molecule has 0 aliphatic rings. The second-order valence-corrected chi connectivity index (χ2v) is 7.93. The Morgan fingerprint density at radius 1 is 0.963 bits per heavy atom. The number of hydrogen-bond donors (Lipinski definition) is 2. The van der Waals surface area contributed by atoms with E-state index in [1.165, 1.54) is 6.07 Å². The Morgan fingerprint density at radius 2 is 1.63 bits per heavy atom. The highest BCUT2D eigenvalue weighted by molar-refractivity contribution is 5.83. The zero-order valence-electron chi connectivity index (χ0n) is 15.7. The minimum absolute atomic E-state index is 0.339. The fourth-order valence-corrected chi connectivity index (χ4v) is 3.57. The average molecular weight is 369 g/mol. The van der Waals surface area contributed by atoms with E-state index in [0.29, 0.717) is 23.2 Å². The summed E-state index contributed by atoms with van der Waals surface area (Å²) in [4.78, 5) is 4.60. The zero-order chi connectivity index (χ0) is 19.3. The molecule has 7 heteroatoms. The number of pyridine rings is 1. The zero-order valence-corrected chi connectivity index (χ0v) is 15.7. The van der Waals surface area contributed by atoms with Gasteiger partial charge in [-0.25, -0.2) is 8.78 Å². The summed E-state index contributed by atoms with van der Waals surface area (Å²) in [6, 6.07) is 4.28. The summed E-state index contributed by atoms with van der Waals surface area (Å²) in [5, 5.41) is 16.2. The summed E-state index contributed by atoms with van der Waals surface area (Å²) >= 11 is 0. The minimum Gasteiger partial charge on any atom is -0.281 e. The van der Waals surface area contributed by atoms with Crippen LogP contribution in [0.15, 0.2) is 24.4 Å². The molecule has 3 aromatic heterocycles. The molecule has 0 atom stereocenters. The van der Waals surface area contributed by atoms with Gasteiger partial charge in [0.15, 0.2) is 11.6 Å². The number of rotatable bonds is 4. The summed E-state index contributed by atoms with van der Waals surface area (Å²) in [5.74, 6) is -1.44. The highest BCUT2D eigenvalue weighted by Gasteiger charge is 2.27. The van der Waals surface area contributed by atoms with E-state index in [1.807, 2.05) is 26.1 Å². The van der Waals surface area contributed by atoms with Gasteiger partial charge in [0.25, 0.3) is 0 Å². The van der Waals surface area contributed by atoms with Gasteiger partial charge in [0.05, 0.1) is 11.0 Å². The first-order chi connectivity index (χ1) is 12.8. The van der Waals surface area contributed by atoms with Gasteiger partial charge in [-0.05, 0) is 18.1 Å². The van der Waals surface area contributed by atoms with Crippen LogP contribution >= 0.6 is 0 Å². The number of H-pyrrole nitrogens is 2. The molecule has 1 aromatic carbocycles. The monoisotopic (exact) mass is 369 g/mol. The van der Waals surface area contributed by atoms with Gasteiger partial charge >= 0.3 is 0 Å². The van der Waals surface area contributed by atoms with E-state index in [4.69, 9.17) is 0 Å². The largest absolute Gasteiger partial charge is 0.281 e. The molecule has 0 amide bonds. The lowest BCUT2D eigenvalue weighted by Gasteiger charge is -2.23. The number of halogens is 2. The lowest BCUT2D eigenvalue weighted by Crippen LogP contribution is -2.22. The van der Waals surface area contributed by atoms with Crippen molar-refractivity contribution in [3.63, 3.8) is 0 Å². The summed E-state index contributed by atoms with van der Waals surface area (Å²) < 4.78 is 27.2. The Morgan fingerprint density at radius 3 is 2.37 bits per heavy atom. The first-order valence-electron chi connectivity index (χ1n) is 8.93. The maximum absolute atomic E-state index is 13.7. The van der Waals surface area contributed by atoms with E-state index in [9.17, 15) is 8.78 Å². The summed E-state index contributed by atoms with van der Waals surface area (Å²) in [5.41, 5.74) is 3.58. The van der Waals surface area contributed by atoms with Crippen LogP contribution in [0, 0.1) is 11.6 Å². The number of benzene rings is 1. The van der Waals surface area contributed by atoms with Crippen LogP contribution in [0.2, 0.25) is 0 Å². The van der Waals surface area contributed by atoms with Gasteiger partial charge in [-0.2, -0.15) is 10.2 Å². The van der Waals surface area contributed by atoms with Crippen molar-refractivity contribution in [2.45, 2.75) is 45.4 Å². The summed E-state index contributed by atoms with van der Waals surface area (Å²) in [6.07, 6.45) is 2.45. The number of aromatic amines is 2. The Hall–Kier alpha value is -2.83. The van der Waals surface area contributed by atoms with E-state index in [1.54, 1.807) is 0 Å². The van der Waals surface area contributed by atoms with Gasteiger partial charge < -0.3 is 0 Å². The van der Waals surface area contributed by atoms with E-state index >= 15 is 0 Å². The molecular formula is C20H21F2N5. The molecule has 140 valence electrons. The van der Waals surface area contributed by atoms with E-state index in [0.717, 1.165) is 34.1 Å². The van der Waals surface area contributed by atoms with Crippen LogP contribution in [-0.2, 0) is 11.8 Å². The number of aromatic nitrogens is 5. The molecule has 0 unspecified atom stereocenters. The Labute approximate surface area is 155 Å². The third kappa shape index (κ3) is 2.97. The Kier molecular flexibility index (Phi) is 3.98. The van der Waals surface area contributed by atoms with Gasteiger partial charge in [-0.1, -0.05) is 27.7 Å². The van der Waals surface area contributed by atoms with E-state index in [-0.39, 0.29) is 0 Å². The molecule has 3 heterocycles. The fourth-order valence-electron chi connectivity index (χ4n) is 3.57. The topological polar surface area (TPSA) is 70.2 Å². The normalized spacial score (nSPS) is 12.6. The van der Waals surface area contributed by atoms with Crippen molar-refractivity contribution in [3.05, 3.63) is 53.1 Å². The number of fused-ring (bicyclic) bond motifs is 2. The van der Waals surface area contributed by atoms with Crippen LogP contribution in [0.4, 0.5) is 8.78 Å². The third-order valence-corrected chi connectivity index (χ3v) is 5.00. The molecule has 0 fully saturated rings. The maximum Gasteiger partial charge on any atom is 0.161 e. The lowest BCUT2D eigenvalue weighted by atomic mass is 9.82. The van der Waals surface area contributed by atoms with Gasteiger partial charge in [-0.3, -0.25) is 15.2 Å². The summed E-state index contributed by atoms with van der Waals surface area (Å²) in [6.45, 7) is 8.26. The Bertz CT molecular complexity index is 1140. The van der Waals surface area contributed by atoms with Gasteiger partial charge in [0.1, 0.15) is 0 Å². The highest BCUT2D eigenvalue weighted by atomic mass is 19.2. The Balaban J connectivity index is 1.71. The molecule has 4 aromatic rings. The fraction of sp³-hybridized carbons (Fsp3) is 0.350. The van der Waals surface area contributed by atoms with E-state index in [2.05, 4.69) is 39.2 Å². The first kappa shape index (κ1) is 17.6. The molecule has 0 radical (unpaired) electrons. The lowest BCUT2D eigenvalue weighted by molar-refractivity contribution is 0.500. The molecule has 0 aliphatic heterocycles. The van der Waals surface area contributed by atoms with Crippen LogP contribution in [0.25, 0.3) is 21.8 Å².